The van der Waals surface area contributed by atoms with Crippen molar-refractivity contribution in [3.8, 4) is 0 Å². The molecule has 0 saturated carbocycles. The van der Waals surface area contributed by atoms with Gasteiger partial charge in [0, 0.05) is 18.2 Å². The van der Waals surface area contributed by atoms with Crippen molar-refractivity contribution in [2.45, 2.75) is 30.2 Å². The van der Waals surface area contributed by atoms with Crippen LogP contribution in [-0.4, -0.2) is 32.3 Å². The quantitative estimate of drug-likeness (QED) is 0.849. The average Bonchev–Trinajstić information content (AvgIpc) is 2.26. The van der Waals surface area contributed by atoms with Crippen LogP contribution in [0.3, 0.4) is 0 Å². The molecule has 2 N–H and O–H groups in total. The number of rotatable bonds is 2. The first-order valence-corrected chi connectivity index (χ1v) is 7.83. The summed E-state index contributed by atoms with van der Waals surface area (Å²) in [7, 11) is -3.34. The van der Waals surface area contributed by atoms with Crippen LogP contribution in [0.1, 0.15) is 31.0 Å². The maximum absolute atomic E-state index is 11.6. The third-order valence-corrected chi connectivity index (χ3v) is 4.60. The third-order valence-electron chi connectivity index (χ3n) is 3.49. The Labute approximate surface area is 112 Å². The van der Waals surface area contributed by atoms with Crippen molar-refractivity contribution in [2.75, 3.05) is 12.8 Å². The van der Waals surface area contributed by atoms with Crippen molar-refractivity contribution in [3.63, 3.8) is 0 Å². The second-order valence-electron chi connectivity index (χ2n) is 5.56. The summed E-state index contributed by atoms with van der Waals surface area (Å²) in [5.41, 5.74) is 1.19. The van der Waals surface area contributed by atoms with E-state index in [0.717, 1.165) is 11.8 Å². The van der Waals surface area contributed by atoms with Crippen LogP contribution < -0.4 is 5.32 Å². The van der Waals surface area contributed by atoms with E-state index in [4.69, 9.17) is 0 Å². The molecule has 104 valence electrons. The predicted molar refractivity (Wildman–Crippen MR) is 71.0 cm³/mol. The zero-order valence-electron chi connectivity index (χ0n) is 11.1. The summed E-state index contributed by atoms with van der Waals surface area (Å²) in [6.07, 6.45) is 1.12. The lowest BCUT2D eigenvalue weighted by Gasteiger charge is -2.36. The van der Waals surface area contributed by atoms with Crippen LogP contribution in [0, 0.1) is 0 Å². The maximum atomic E-state index is 11.6. The summed E-state index contributed by atoms with van der Waals surface area (Å²) in [6, 6.07) is 3.88. The molecule has 19 heavy (non-hydrogen) atoms. The van der Waals surface area contributed by atoms with Crippen molar-refractivity contribution in [3.05, 3.63) is 29.3 Å². The van der Waals surface area contributed by atoms with E-state index in [9.17, 15) is 18.3 Å². The molecule has 0 spiro atoms. The van der Waals surface area contributed by atoms with Gasteiger partial charge in [0.25, 0.3) is 0 Å². The van der Waals surface area contributed by atoms with Crippen molar-refractivity contribution in [1.29, 1.82) is 0 Å². The van der Waals surface area contributed by atoms with Gasteiger partial charge in [-0.05, 0) is 23.3 Å². The Bertz CT molecular complexity index is 634. The molecule has 1 aliphatic heterocycles. The Kier molecular flexibility index (Phi) is 3.18. The third kappa shape index (κ3) is 2.50. The highest BCUT2D eigenvalue weighted by atomic mass is 32.2. The van der Waals surface area contributed by atoms with Gasteiger partial charge in [-0.2, -0.15) is 0 Å². The second-order valence-corrected chi connectivity index (χ2v) is 7.57. The lowest BCUT2D eigenvalue weighted by atomic mass is 9.77. The van der Waals surface area contributed by atoms with E-state index in [2.05, 4.69) is 5.32 Å². The molecule has 1 aromatic carbocycles. The van der Waals surface area contributed by atoms with Gasteiger partial charge in [0.05, 0.1) is 4.90 Å². The molecule has 1 unspecified atom stereocenters. The van der Waals surface area contributed by atoms with Gasteiger partial charge in [0.15, 0.2) is 9.84 Å². The van der Waals surface area contributed by atoms with E-state index in [0.29, 0.717) is 12.1 Å². The normalized spacial score (nSPS) is 21.7. The summed E-state index contributed by atoms with van der Waals surface area (Å²) in [5, 5.41) is 12.2. The lowest BCUT2D eigenvalue weighted by Crippen LogP contribution is -2.44. The van der Waals surface area contributed by atoms with Gasteiger partial charge in [-0.15, -0.1) is 0 Å². The molecule has 1 aliphatic rings. The SMILES string of the molecule is CC1(C)CNC(C(=O)O)c2cc(S(C)(=O)=O)ccc21. The van der Waals surface area contributed by atoms with Crippen LogP contribution in [0.4, 0.5) is 0 Å². The molecular weight excluding hydrogens is 266 g/mol. The molecule has 0 bridgehead atoms. The first-order valence-electron chi connectivity index (χ1n) is 5.93. The molecule has 2 rings (SSSR count). The number of nitrogens with one attached hydrogen (secondary N) is 1. The number of hydrogen-bond donors (Lipinski definition) is 2. The second kappa shape index (κ2) is 4.31. The summed E-state index contributed by atoms with van der Waals surface area (Å²) in [5.74, 6) is -0.998. The van der Waals surface area contributed by atoms with Crippen molar-refractivity contribution < 1.29 is 18.3 Å². The summed E-state index contributed by atoms with van der Waals surface area (Å²) < 4.78 is 23.2. The molecule has 0 fully saturated rings. The fourth-order valence-electron chi connectivity index (χ4n) is 2.41. The molecule has 0 radical (unpaired) electrons. The predicted octanol–water partition coefficient (Wildman–Crippen LogP) is 1.10. The number of carbonyl (C=O) groups is 1. The number of carboxylic acids is 1. The molecule has 5 nitrogen and oxygen atoms in total. The fourth-order valence-corrected chi connectivity index (χ4v) is 3.07. The van der Waals surface area contributed by atoms with Crippen LogP contribution >= 0.6 is 0 Å². The molecule has 1 atom stereocenters. The van der Waals surface area contributed by atoms with Crippen LogP contribution in [0.15, 0.2) is 23.1 Å². The van der Waals surface area contributed by atoms with Crippen LogP contribution in [-0.2, 0) is 20.0 Å². The van der Waals surface area contributed by atoms with Gasteiger partial charge < -0.3 is 5.11 Å². The average molecular weight is 283 g/mol. The zero-order chi connectivity index (χ0) is 14.4. The summed E-state index contributed by atoms with van der Waals surface area (Å²) >= 11 is 0. The molecule has 0 aromatic heterocycles. The van der Waals surface area contributed by atoms with E-state index >= 15 is 0 Å². The van der Waals surface area contributed by atoms with Gasteiger partial charge in [0.2, 0.25) is 0 Å². The topological polar surface area (TPSA) is 83.5 Å². The minimum absolute atomic E-state index is 0.150. The molecule has 0 aliphatic carbocycles. The standard InChI is InChI=1S/C13H17NO4S/c1-13(2)7-14-11(12(15)16)9-6-8(19(3,17)18)4-5-10(9)13/h4-6,11,14H,7H2,1-3H3,(H,15,16). The smallest absolute Gasteiger partial charge is 0.325 e. The Morgan fingerprint density at radius 1 is 1.42 bits per heavy atom. The molecule has 0 saturated heterocycles. The van der Waals surface area contributed by atoms with Crippen molar-refractivity contribution in [1.82, 2.24) is 5.32 Å². The van der Waals surface area contributed by atoms with E-state index in [-0.39, 0.29) is 10.3 Å². The van der Waals surface area contributed by atoms with E-state index in [1.165, 1.54) is 6.07 Å². The Balaban J connectivity index is 2.67. The molecular formula is C13H17NO4S. The summed E-state index contributed by atoms with van der Waals surface area (Å²) in [6.45, 7) is 4.53. The zero-order valence-corrected chi connectivity index (χ0v) is 11.9. The van der Waals surface area contributed by atoms with Crippen molar-refractivity contribution in [2.24, 2.45) is 0 Å². The van der Waals surface area contributed by atoms with Gasteiger partial charge in [0.1, 0.15) is 6.04 Å². The number of carboxylic acid groups (broad SMARTS) is 1. The number of sulfone groups is 1. The van der Waals surface area contributed by atoms with Gasteiger partial charge >= 0.3 is 5.97 Å². The summed E-state index contributed by atoms with van der Waals surface area (Å²) in [4.78, 5) is 11.4. The number of benzene rings is 1. The molecule has 1 heterocycles. The number of fused-ring (bicyclic) bond motifs is 1. The van der Waals surface area contributed by atoms with Gasteiger partial charge in [-0.1, -0.05) is 19.9 Å². The molecule has 1 aromatic rings. The number of hydrogen-bond acceptors (Lipinski definition) is 4. The van der Waals surface area contributed by atoms with Gasteiger partial charge in [-0.3, -0.25) is 10.1 Å². The van der Waals surface area contributed by atoms with Crippen molar-refractivity contribution >= 4 is 15.8 Å². The van der Waals surface area contributed by atoms with E-state index in [1.807, 2.05) is 13.8 Å². The Morgan fingerprint density at radius 2 is 2.05 bits per heavy atom. The minimum Gasteiger partial charge on any atom is -0.480 e. The highest BCUT2D eigenvalue weighted by Gasteiger charge is 2.36. The minimum atomic E-state index is -3.34. The Hall–Kier alpha value is -1.40. The maximum Gasteiger partial charge on any atom is 0.325 e. The van der Waals surface area contributed by atoms with E-state index in [1.54, 1.807) is 12.1 Å². The molecule has 6 heteroatoms. The number of aliphatic carboxylic acids is 1. The molecule has 0 amide bonds. The van der Waals surface area contributed by atoms with E-state index < -0.39 is 21.8 Å². The first-order chi connectivity index (χ1) is 8.63. The fraction of sp³-hybridized carbons (Fsp3) is 0.462. The van der Waals surface area contributed by atoms with Crippen LogP contribution in [0.5, 0.6) is 0 Å². The van der Waals surface area contributed by atoms with Gasteiger partial charge in [-0.25, -0.2) is 8.42 Å². The highest BCUT2D eigenvalue weighted by molar-refractivity contribution is 7.90. The largest absolute Gasteiger partial charge is 0.480 e. The van der Waals surface area contributed by atoms with Crippen LogP contribution in [0.25, 0.3) is 0 Å². The Morgan fingerprint density at radius 3 is 2.58 bits per heavy atom. The first kappa shape index (κ1) is 14.0. The lowest BCUT2D eigenvalue weighted by molar-refractivity contribution is -0.140. The highest BCUT2D eigenvalue weighted by Crippen LogP contribution is 2.35. The monoisotopic (exact) mass is 283 g/mol. The van der Waals surface area contributed by atoms with Crippen LogP contribution in [0.2, 0.25) is 0 Å².